The van der Waals surface area contributed by atoms with Gasteiger partial charge in [-0.05, 0) is 38.3 Å². The van der Waals surface area contributed by atoms with Crippen LogP contribution in [0.5, 0.6) is 0 Å². The van der Waals surface area contributed by atoms with Crippen molar-refractivity contribution in [2.75, 3.05) is 6.61 Å². The fourth-order valence-corrected chi connectivity index (χ4v) is 3.30. The maximum absolute atomic E-state index is 12.3. The Hall–Kier alpha value is -2.47. The first-order chi connectivity index (χ1) is 12.8. The molecule has 0 spiro atoms. The van der Waals surface area contributed by atoms with Gasteiger partial charge < -0.3 is 4.74 Å². The van der Waals surface area contributed by atoms with Crippen LogP contribution in [-0.2, 0) is 25.4 Å². The average Bonchev–Trinajstić information content (AvgIpc) is 2.67. The van der Waals surface area contributed by atoms with Crippen LogP contribution >= 0.6 is 0 Å². The van der Waals surface area contributed by atoms with E-state index in [4.69, 9.17) is 9.73 Å². The van der Waals surface area contributed by atoms with Gasteiger partial charge in [-0.1, -0.05) is 31.2 Å². The molecule has 1 atom stereocenters. The van der Waals surface area contributed by atoms with Crippen LogP contribution in [0.2, 0.25) is 0 Å². The van der Waals surface area contributed by atoms with E-state index in [0.29, 0.717) is 24.6 Å². The topological polar surface area (TPSA) is 65.6 Å². The third kappa shape index (κ3) is 4.45. The molecule has 0 amide bonds. The Morgan fingerprint density at radius 3 is 2.52 bits per heavy atom. The van der Waals surface area contributed by atoms with Crippen LogP contribution < -0.4 is 11.2 Å². The molecule has 6 nitrogen and oxygen atoms in total. The zero-order chi connectivity index (χ0) is 20.1. The average molecular weight is 371 g/mol. The molecule has 0 saturated carbocycles. The van der Waals surface area contributed by atoms with E-state index in [-0.39, 0.29) is 17.2 Å². The summed E-state index contributed by atoms with van der Waals surface area (Å²) in [6.07, 6.45) is 0.866. The summed E-state index contributed by atoms with van der Waals surface area (Å²) in [4.78, 5) is 29.2. The van der Waals surface area contributed by atoms with Crippen LogP contribution in [0.4, 0.5) is 5.82 Å². The molecule has 0 aliphatic rings. The lowest BCUT2D eigenvalue weighted by molar-refractivity contribution is 0.134. The standard InChI is InChI=1S/C21H29N3O3/c1-7-18(17-11-9-10-16(12-17)13-27-8-2)15(4)22-19-14(3)20(25)24(6)21(26)23(19)5/h9-12,18H,7-8,13H2,1-6H3/b22-15+. The summed E-state index contributed by atoms with van der Waals surface area (Å²) in [5, 5.41) is 0. The van der Waals surface area contributed by atoms with Gasteiger partial charge >= 0.3 is 5.69 Å². The summed E-state index contributed by atoms with van der Waals surface area (Å²) in [7, 11) is 3.13. The molecule has 0 aliphatic heterocycles. The molecule has 0 bridgehead atoms. The molecule has 0 saturated heterocycles. The molecule has 0 fully saturated rings. The fourth-order valence-electron chi connectivity index (χ4n) is 3.30. The van der Waals surface area contributed by atoms with E-state index in [1.807, 2.05) is 26.0 Å². The van der Waals surface area contributed by atoms with E-state index >= 15 is 0 Å². The number of aromatic nitrogens is 2. The van der Waals surface area contributed by atoms with E-state index in [0.717, 1.165) is 27.8 Å². The molecule has 0 N–H and O–H groups in total. The predicted octanol–water partition coefficient (Wildman–Crippen LogP) is 3.22. The van der Waals surface area contributed by atoms with Crippen LogP contribution in [-0.4, -0.2) is 21.5 Å². The lowest BCUT2D eigenvalue weighted by Crippen LogP contribution is -2.38. The molecular formula is C21H29N3O3. The first-order valence-electron chi connectivity index (χ1n) is 9.30. The van der Waals surface area contributed by atoms with Crippen molar-refractivity contribution in [2.24, 2.45) is 19.1 Å². The highest BCUT2D eigenvalue weighted by atomic mass is 16.5. The Morgan fingerprint density at radius 1 is 1.19 bits per heavy atom. The van der Waals surface area contributed by atoms with Gasteiger partial charge in [0.15, 0.2) is 0 Å². The first-order valence-corrected chi connectivity index (χ1v) is 9.30. The van der Waals surface area contributed by atoms with Gasteiger partial charge in [0.25, 0.3) is 5.56 Å². The molecule has 2 aromatic rings. The van der Waals surface area contributed by atoms with E-state index in [1.165, 1.54) is 11.6 Å². The van der Waals surface area contributed by atoms with Gasteiger partial charge in [0, 0.05) is 32.3 Å². The molecule has 6 heteroatoms. The van der Waals surface area contributed by atoms with Crippen LogP contribution in [0, 0.1) is 6.92 Å². The molecule has 0 radical (unpaired) electrons. The minimum absolute atomic E-state index is 0.102. The van der Waals surface area contributed by atoms with Crippen LogP contribution in [0.3, 0.4) is 0 Å². The Morgan fingerprint density at radius 2 is 1.89 bits per heavy atom. The summed E-state index contributed by atoms with van der Waals surface area (Å²) >= 11 is 0. The summed E-state index contributed by atoms with van der Waals surface area (Å²) in [5.74, 6) is 0.523. The van der Waals surface area contributed by atoms with Gasteiger partial charge in [-0.25, -0.2) is 9.79 Å². The lowest BCUT2D eigenvalue weighted by Gasteiger charge is -2.18. The van der Waals surface area contributed by atoms with E-state index in [9.17, 15) is 9.59 Å². The van der Waals surface area contributed by atoms with Crippen molar-refractivity contribution in [3.63, 3.8) is 0 Å². The highest BCUT2D eigenvalue weighted by molar-refractivity contribution is 5.90. The van der Waals surface area contributed by atoms with Crippen LogP contribution in [0.15, 0.2) is 38.8 Å². The smallest absolute Gasteiger partial charge is 0.332 e. The quantitative estimate of drug-likeness (QED) is 0.702. The summed E-state index contributed by atoms with van der Waals surface area (Å²) in [5.41, 5.74) is 2.94. The fraction of sp³-hybridized carbons (Fsp3) is 0.476. The second-order valence-corrected chi connectivity index (χ2v) is 6.75. The maximum Gasteiger partial charge on any atom is 0.332 e. The maximum atomic E-state index is 12.3. The third-order valence-corrected chi connectivity index (χ3v) is 4.87. The number of nitrogens with zero attached hydrogens (tertiary/aromatic N) is 3. The van der Waals surface area contributed by atoms with Crippen molar-refractivity contribution in [2.45, 2.75) is 46.6 Å². The highest BCUT2D eigenvalue weighted by Crippen LogP contribution is 2.25. The largest absolute Gasteiger partial charge is 0.377 e. The summed E-state index contributed by atoms with van der Waals surface area (Å²) in [6, 6.07) is 8.29. The zero-order valence-electron chi connectivity index (χ0n) is 17.1. The predicted molar refractivity (Wildman–Crippen MR) is 109 cm³/mol. The minimum atomic E-state index is -0.371. The normalized spacial score (nSPS) is 13.0. The number of hydrogen-bond donors (Lipinski definition) is 0. The molecule has 1 aromatic carbocycles. The molecule has 146 valence electrons. The zero-order valence-corrected chi connectivity index (χ0v) is 17.1. The van der Waals surface area contributed by atoms with Crippen molar-refractivity contribution < 1.29 is 4.74 Å². The molecule has 27 heavy (non-hydrogen) atoms. The van der Waals surface area contributed by atoms with Gasteiger partial charge in [-0.3, -0.25) is 13.9 Å². The van der Waals surface area contributed by atoms with E-state index in [1.54, 1.807) is 14.0 Å². The second kappa shape index (κ2) is 8.95. The van der Waals surface area contributed by atoms with Gasteiger partial charge in [-0.15, -0.1) is 0 Å². The molecule has 1 heterocycles. The second-order valence-electron chi connectivity index (χ2n) is 6.75. The highest BCUT2D eigenvalue weighted by Gasteiger charge is 2.16. The van der Waals surface area contributed by atoms with Gasteiger partial charge in [0.2, 0.25) is 0 Å². The van der Waals surface area contributed by atoms with Crippen molar-refractivity contribution in [3.8, 4) is 0 Å². The van der Waals surface area contributed by atoms with Crippen LogP contribution in [0.25, 0.3) is 0 Å². The number of aliphatic imine (C=N–C) groups is 1. The minimum Gasteiger partial charge on any atom is -0.377 e. The van der Waals surface area contributed by atoms with Gasteiger partial charge in [0.05, 0.1) is 12.2 Å². The van der Waals surface area contributed by atoms with Crippen LogP contribution in [0.1, 0.15) is 49.8 Å². The van der Waals surface area contributed by atoms with Crippen molar-refractivity contribution >= 4 is 11.5 Å². The van der Waals surface area contributed by atoms with Crippen molar-refractivity contribution in [3.05, 3.63) is 61.8 Å². The number of benzene rings is 1. The Labute approximate surface area is 160 Å². The van der Waals surface area contributed by atoms with E-state index < -0.39 is 0 Å². The van der Waals surface area contributed by atoms with Gasteiger partial charge in [0.1, 0.15) is 5.82 Å². The van der Waals surface area contributed by atoms with E-state index in [2.05, 4.69) is 19.1 Å². The number of rotatable bonds is 7. The third-order valence-electron chi connectivity index (χ3n) is 4.87. The molecular weight excluding hydrogens is 342 g/mol. The number of hydrogen-bond acceptors (Lipinski definition) is 4. The lowest BCUT2D eigenvalue weighted by atomic mass is 9.91. The monoisotopic (exact) mass is 371 g/mol. The Balaban J connectivity index is 2.48. The van der Waals surface area contributed by atoms with Gasteiger partial charge in [-0.2, -0.15) is 0 Å². The SMILES string of the molecule is CCOCc1cccc(C(CC)/C(C)=N/c2c(C)c(=O)n(C)c(=O)n2C)c1. The Bertz CT molecular complexity index is 917. The molecule has 2 rings (SSSR count). The summed E-state index contributed by atoms with van der Waals surface area (Å²) < 4.78 is 8.05. The summed E-state index contributed by atoms with van der Waals surface area (Å²) in [6.45, 7) is 9.00. The first kappa shape index (κ1) is 20.8. The molecule has 1 unspecified atom stereocenters. The number of ether oxygens (including phenoxy) is 1. The Kier molecular flexibility index (Phi) is 6.91. The molecule has 1 aromatic heterocycles. The van der Waals surface area contributed by atoms with Crippen molar-refractivity contribution in [1.82, 2.24) is 9.13 Å². The van der Waals surface area contributed by atoms with Crippen molar-refractivity contribution in [1.29, 1.82) is 0 Å². The molecule has 0 aliphatic carbocycles.